The van der Waals surface area contributed by atoms with Gasteiger partial charge in [-0.25, -0.2) is 0 Å². The Balaban J connectivity index is 1.70. The van der Waals surface area contributed by atoms with Gasteiger partial charge in [0.25, 0.3) is 5.91 Å². The highest BCUT2D eigenvalue weighted by Gasteiger charge is 2.10. The summed E-state index contributed by atoms with van der Waals surface area (Å²) in [6.07, 6.45) is 1.49. The van der Waals surface area contributed by atoms with Gasteiger partial charge in [0.05, 0.1) is 5.02 Å². The molecule has 0 heterocycles. The maximum atomic E-state index is 12.3. The van der Waals surface area contributed by atoms with Crippen molar-refractivity contribution in [2.45, 2.75) is 6.61 Å². The zero-order valence-electron chi connectivity index (χ0n) is 15.2. The quantitative estimate of drug-likeness (QED) is 0.345. The van der Waals surface area contributed by atoms with E-state index in [4.69, 9.17) is 16.3 Å². The number of carbonyl (C=O) groups excluding carboxylic acids is 1. The number of nitrogens with one attached hydrogen (secondary N) is 1. The smallest absolute Gasteiger partial charge is 0.266 e. The summed E-state index contributed by atoms with van der Waals surface area (Å²) in [4.78, 5) is 12.3. The molecule has 4 nitrogen and oxygen atoms in total. The molecule has 0 aliphatic heterocycles. The maximum Gasteiger partial charge on any atom is 0.266 e. The van der Waals surface area contributed by atoms with Gasteiger partial charge in [0.1, 0.15) is 24.0 Å². The molecule has 6 heteroatoms. The van der Waals surface area contributed by atoms with Gasteiger partial charge >= 0.3 is 0 Å². The first-order chi connectivity index (χ1) is 14.0. The lowest BCUT2D eigenvalue weighted by molar-refractivity contribution is -0.112. The molecule has 0 aliphatic carbocycles. The molecule has 0 unspecified atom stereocenters. The Bertz CT molecular complexity index is 1070. The van der Waals surface area contributed by atoms with Crippen molar-refractivity contribution in [3.05, 3.63) is 99.0 Å². The van der Waals surface area contributed by atoms with E-state index in [1.165, 1.54) is 6.08 Å². The van der Waals surface area contributed by atoms with Crippen LogP contribution in [0.15, 0.2) is 82.8 Å². The highest BCUT2D eigenvalue weighted by molar-refractivity contribution is 9.10. The van der Waals surface area contributed by atoms with Gasteiger partial charge in [0.15, 0.2) is 0 Å². The molecule has 0 saturated heterocycles. The van der Waals surface area contributed by atoms with E-state index in [0.717, 1.165) is 10.0 Å². The third-order valence-electron chi connectivity index (χ3n) is 3.97. The largest absolute Gasteiger partial charge is 0.487 e. The van der Waals surface area contributed by atoms with Crippen LogP contribution in [0.2, 0.25) is 5.02 Å². The summed E-state index contributed by atoms with van der Waals surface area (Å²) in [6, 6.07) is 23.8. The second-order valence-corrected chi connectivity index (χ2v) is 7.42. The summed E-state index contributed by atoms with van der Waals surface area (Å²) in [7, 11) is 0. The SMILES string of the molecule is N#C/C(=C\c1ccc(OCc2ccc(Br)cc2)c(Cl)c1)C(=O)Nc1ccccc1. The van der Waals surface area contributed by atoms with Crippen LogP contribution in [0.3, 0.4) is 0 Å². The number of para-hydroxylation sites is 1. The van der Waals surface area contributed by atoms with Crippen molar-refractivity contribution in [3.8, 4) is 11.8 Å². The minimum atomic E-state index is -0.481. The Morgan fingerprint density at radius 2 is 1.83 bits per heavy atom. The summed E-state index contributed by atoms with van der Waals surface area (Å²) in [5.41, 5.74) is 2.24. The Morgan fingerprint density at radius 3 is 2.48 bits per heavy atom. The van der Waals surface area contributed by atoms with Crippen molar-refractivity contribution in [2.24, 2.45) is 0 Å². The molecule has 0 saturated carbocycles. The minimum Gasteiger partial charge on any atom is -0.487 e. The molecule has 0 bridgehead atoms. The van der Waals surface area contributed by atoms with E-state index in [0.29, 0.717) is 28.6 Å². The molecule has 0 aromatic heterocycles. The molecule has 1 amide bonds. The molecule has 0 radical (unpaired) electrons. The number of hydrogen-bond acceptors (Lipinski definition) is 3. The lowest BCUT2D eigenvalue weighted by Crippen LogP contribution is -2.13. The van der Waals surface area contributed by atoms with Gasteiger partial charge < -0.3 is 10.1 Å². The molecule has 144 valence electrons. The normalized spacial score (nSPS) is 10.9. The van der Waals surface area contributed by atoms with Crippen LogP contribution in [0.25, 0.3) is 6.08 Å². The first kappa shape index (κ1) is 20.7. The average molecular weight is 468 g/mol. The summed E-state index contributed by atoms with van der Waals surface area (Å²) in [6.45, 7) is 0.380. The molecule has 0 fully saturated rings. The maximum absolute atomic E-state index is 12.3. The molecule has 3 aromatic rings. The Morgan fingerprint density at radius 1 is 1.10 bits per heavy atom. The number of carbonyl (C=O) groups is 1. The number of amides is 1. The lowest BCUT2D eigenvalue weighted by atomic mass is 10.1. The zero-order valence-corrected chi connectivity index (χ0v) is 17.6. The summed E-state index contributed by atoms with van der Waals surface area (Å²) in [5, 5.41) is 12.4. The number of hydrogen-bond donors (Lipinski definition) is 1. The third kappa shape index (κ3) is 5.95. The van der Waals surface area contributed by atoms with E-state index >= 15 is 0 Å². The van der Waals surface area contributed by atoms with Crippen LogP contribution < -0.4 is 10.1 Å². The fraction of sp³-hybridized carbons (Fsp3) is 0.0435. The van der Waals surface area contributed by atoms with Gasteiger partial charge in [0, 0.05) is 10.2 Å². The molecule has 29 heavy (non-hydrogen) atoms. The van der Waals surface area contributed by atoms with Gasteiger partial charge in [0.2, 0.25) is 0 Å². The summed E-state index contributed by atoms with van der Waals surface area (Å²) in [5.74, 6) is 0.0457. The zero-order chi connectivity index (χ0) is 20.6. The van der Waals surface area contributed by atoms with E-state index in [1.807, 2.05) is 36.4 Å². The van der Waals surface area contributed by atoms with Gasteiger partial charge in [-0.2, -0.15) is 5.26 Å². The first-order valence-corrected chi connectivity index (χ1v) is 9.87. The number of rotatable bonds is 6. The fourth-order valence-electron chi connectivity index (χ4n) is 2.50. The number of halogens is 2. The lowest BCUT2D eigenvalue weighted by Gasteiger charge is -2.09. The Labute approximate surface area is 182 Å². The van der Waals surface area contributed by atoms with E-state index in [2.05, 4.69) is 21.2 Å². The summed E-state index contributed by atoms with van der Waals surface area (Å²) < 4.78 is 6.76. The first-order valence-electron chi connectivity index (χ1n) is 8.70. The van der Waals surface area contributed by atoms with Crippen molar-refractivity contribution < 1.29 is 9.53 Å². The third-order valence-corrected chi connectivity index (χ3v) is 4.80. The predicted octanol–water partition coefficient (Wildman–Crippen LogP) is 6.23. The van der Waals surface area contributed by atoms with Crippen LogP contribution in [0.5, 0.6) is 5.75 Å². The molecule has 3 aromatic carbocycles. The van der Waals surface area contributed by atoms with E-state index in [-0.39, 0.29) is 5.57 Å². The van der Waals surface area contributed by atoms with Gasteiger partial charge in [-0.1, -0.05) is 63.9 Å². The monoisotopic (exact) mass is 466 g/mol. The van der Waals surface area contributed by atoms with Crippen molar-refractivity contribution in [3.63, 3.8) is 0 Å². The average Bonchev–Trinajstić information content (AvgIpc) is 2.73. The number of anilines is 1. The van der Waals surface area contributed by atoms with Crippen LogP contribution >= 0.6 is 27.5 Å². The second kappa shape index (κ2) is 9.92. The van der Waals surface area contributed by atoms with E-state index in [9.17, 15) is 10.1 Å². The standard InChI is InChI=1S/C23H16BrClN2O2/c24-19-9-6-16(7-10-19)15-29-22-11-8-17(13-21(22)25)12-18(14-26)23(28)27-20-4-2-1-3-5-20/h1-13H,15H2,(H,27,28)/b18-12+. The highest BCUT2D eigenvalue weighted by Crippen LogP contribution is 2.27. The number of nitriles is 1. The van der Waals surface area contributed by atoms with Crippen molar-refractivity contribution in [2.75, 3.05) is 5.32 Å². The fourth-order valence-corrected chi connectivity index (χ4v) is 3.01. The molecule has 3 rings (SSSR count). The Kier molecular flexibility index (Phi) is 7.07. The van der Waals surface area contributed by atoms with Crippen molar-refractivity contribution >= 4 is 45.2 Å². The van der Waals surface area contributed by atoms with Crippen LogP contribution in [-0.4, -0.2) is 5.91 Å². The molecule has 0 aliphatic rings. The number of ether oxygens (including phenoxy) is 1. The van der Waals surface area contributed by atoms with Crippen molar-refractivity contribution in [1.82, 2.24) is 0 Å². The van der Waals surface area contributed by atoms with Crippen molar-refractivity contribution in [1.29, 1.82) is 5.26 Å². The number of nitrogens with zero attached hydrogens (tertiary/aromatic N) is 1. The summed E-state index contributed by atoms with van der Waals surface area (Å²) >= 11 is 9.71. The molecule has 0 atom stereocenters. The van der Waals surface area contributed by atoms with Gasteiger partial charge in [-0.3, -0.25) is 4.79 Å². The van der Waals surface area contributed by atoms with Crippen LogP contribution in [0, 0.1) is 11.3 Å². The Hall–Kier alpha value is -3.07. The van der Waals surface area contributed by atoms with Gasteiger partial charge in [-0.15, -0.1) is 0 Å². The molecular formula is C23H16BrClN2O2. The van der Waals surface area contributed by atoms with Crippen LogP contribution in [0.4, 0.5) is 5.69 Å². The van der Waals surface area contributed by atoms with E-state index < -0.39 is 5.91 Å². The van der Waals surface area contributed by atoms with Crippen LogP contribution in [0.1, 0.15) is 11.1 Å². The molecular weight excluding hydrogens is 452 g/mol. The molecule has 1 N–H and O–H groups in total. The second-order valence-electron chi connectivity index (χ2n) is 6.09. The predicted molar refractivity (Wildman–Crippen MR) is 119 cm³/mol. The van der Waals surface area contributed by atoms with Gasteiger partial charge in [-0.05, 0) is 53.6 Å². The topological polar surface area (TPSA) is 62.1 Å². The van der Waals surface area contributed by atoms with E-state index in [1.54, 1.807) is 42.5 Å². The highest BCUT2D eigenvalue weighted by atomic mass is 79.9. The minimum absolute atomic E-state index is 0.0200. The number of benzene rings is 3. The van der Waals surface area contributed by atoms with Crippen LogP contribution in [-0.2, 0) is 11.4 Å². The molecule has 0 spiro atoms.